The molecule has 0 saturated heterocycles. The maximum Gasteiger partial charge on any atom is 0.0677 e. The number of hydrogen-bond acceptors (Lipinski definition) is 2. The minimum absolute atomic E-state index is 0.711. The fourth-order valence-electron chi connectivity index (χ4n) is 1.78. The van der Waals surface area contributed by atoms with Gasteiger partial charge in [-0.05, 0) is 37.2 Å². The van der Waals surface area contributed by atoms with E-state index in [0.717, 1.165) is 22.8 Å². The number of rotatable bonds is 4. The molecule has 1 aromatic heterocycles. The molecule has 90 valence electrons. The van der Waals surface area contributed by atoms with E-state index in [9.17, 15) is 0 Å². The Kier molecular flexibility index (Phi) is 3.82. The highest BCUT2D eigenvalue weighted by Crippen LogP contribution is 2.19. The van der Waals surface area contributed by atoms with E-state index in [1.807, 2.05) is 37.0 Å². The lowest BCUT2D eigenvalue weighted by molar-refractivity contribution is 0.622. The Morgan fingerprint density at radius 1 is 1.35 bits per heavy atom. The largest absolute Gasteiger partial charge is 0.314 e. The zero-order valence-electron chi connectivity index (χ0n) is 10.1. The Balaban J connectivity index is 2.22. The SMILES string of the molecule is CNCc1ccnn1Cc1ccc(C)cc1Cl. The Morgan fingerprint density at radius 2 is 2.18 bits per heavy atom. The molecular weight excluding hydrogens is 234 g/mol. The standard InChI is InChI=1S/C13H16ClN3/c1-10-3-4-11(13(14)7-10)9-17-12(8-15-2)5-6-16-17/h3-7,15H,8-9H2,1-2H3. The van der Waals surface area contributed by atoms with Crippen molar-refractivity contribution in [2.24, 2.45) is 0 Å². The fraction of sp³-hybridized carbons (Fsp3) is 0.308. The van der Waals surface area contributed by atoms with Crippen molar-refractivity contribution in [2.45, 2.75) is 20.0 Å². The van der Waals surface area contributed by atoms with Crippen LogP contribution in [0.3, 0.4) is 0 Å². The molecule has 0 saturated carbocycles. The molecule has 1 aromatic carbocycles. The van der Waals surface area contributed by atoms with E-state index >= 15 is 0 Å². The van der Waals surface area contributed by atoms with Gasteiger partial charge in [-0.2, -0.15) is 5.10 Å². The van der Waals surface area contributed by atoms with E-state index in [1.54, 1.807) is 0 Å². The van der Waals surface area contributed by atoms with Crippen LogP contribution in [0.1, 0.15) is 16.8 Å². The van der Waals surface area contributed by atoms with Crippen LogP contribution in [-0.4, -0.2) is 16.8 Å². The number of halogens is 1. The Hall–Kier alpha value is -1.32. The third-order valence-electron chi connectivity index (χ3n) is 2.69. The quantitative estimate of drug-likeness (QED) is 0.903. The third kappa shape index (κ3) is 2.87. The van der Waals surface area contributed by atoms with Gasteiger partial charge in [-0.1, -0.05) is 23.7 Å². The fourth-order valence-corrected chi connectivity index (χ4v) is 2.07. The van der Waals surface area contributed by atoms with E-state index in [4.69, 9.17) is 11.6 Å². The van der Waals surface area contributed by atoms with Crippen LogP contribution in [0.2, 0.25) is 5.02 Å². The summed E-state index contributed by atoms with van der Waals surface area (Å²) in [5.41, 5.74) is 3.43. The van der Waals surface area contributed by atoms with Gasteiger partial charge >= 0.3 is 0 Å². The first-order valence-electron chi connectivity index (χ1n) is 5.61. The normalized spacial score (nSPS) is 10.8. The second kappa shape index (κ2) is 5.34. The van der Waals surface area contributed by atoms with E-state index in [1.165, 1.54) is 5.56 Å². The first kappa shape index (κ1) is 12.1. The number of nitrogens with one attached hydrogen (secondary N) is 1. The molecule has 1 heterocycles. The highest BCUT2D eigenvalue weighted by Gasteiger charge is 2.05. The molecule has 0 amide bonds. The van der Waals surface area contributed by atoms with Gasteiger partial charge in [0.2, 0.25) is 0 Å². The minimum Gasteiger partial charge on any atom is -0.314 e. The van der Waals surface area contributed by atoms with Gasteiger partial charge in [0.25, 0.3) is 0 Å². The highest BCUT2D eigenvalue weighted by atomic mass is 35.5. The van der Waals surface area contributed by atoms with Crippen LogP contribution in [0, 0.1) is 6.92 Å². The van der Waals surface area contributed by atoms with Crippen LogP contribution in [0.5, 0.6) is 0 Å². The maximum atomic E-state index is 6.22. The summed E-state index contributed by atoms with van der Waals surface area (Å²) in [6.45, 7) is 3.56. The third-order valence-corrected chi connectivity index (χ3v) is 3.04. The number of nitrogens with zero attached hydrogens (tertiary/aromatic N) is 2. The molecule has 1 N–H and O–H groups in total. The maximum absolute atomic E-state index is 6.22. The summed E-state index contributed by atoms with van der Waals surface area (Å²) in [4.78, 5) is 0. The van der Waals surface area contributed by atoms with Gasteiger partial charge in [0, 0.05) is 17.8 Å². The summed E-state index contributed by atoms with van der Waals surface area (Å²) in [5, 5.41) is 8.24. The van der Waals surface area contributed by atoms with Gasteiger partial charge in [-0.3, -0.25) is 4.68 Å². The highest BCUT2D eigenvalue weighted by molar-refractivity contribution is 6.31. The van der Waals surface area contributed by atoms with Crippen molar-refractivity contribution in [2.75, 3.05) is 7.05 Å². The summed E-state index contributed by atoms with van der Waals surface area (Å²) >= 11 is 6.22. The topological polar surface area (TPSA) is 29.9 Å². The van der Waals surface area contributed by atoms with Crippen LogP contribution in [-0.2, 0) is 13.1 Å². The molecule has 2 rings (SSSR count). The van der Waals surface area contributed by atoms with Crippen molar-refractivity contribution in [3.8, 4) is 0 Å². The number of aromatic nitrogens is 2. The number of benzene rings is 1. The summed E-state index contributed by atoms with van der Waals surface area (Å²) < 4.78 is 1.97. The molecule has 0 fully saturated rings. The number of aryl methyl sites for hydroxylation is 1. The molecule has 0 unspecified atom stereocenters. The van der Waals surface area contributed by atoms with Crippen LogP contribution in [0.25, 0.3) is 0 Å². The molecule has 17 heavy (non-hydrogen) atoms. The Labute approximate surface area is 106 Å². The molecule has 3 nitrogen and oxygen atoms in total. The van der Waals surface area contributed by atoms with Crippen LogP contribution >= 0.6 is 11.6 Å². The molecule has 0 bridgehead atoms. The molecule has 0 aliphatic heterocycles. The van der Waals surface area contributed by atoms with Crippen LogP contribution < -0.4 is 5.32 Å². The Morgan fingerprint density at radius 3 is 2.88 bits per heavy atom. The van der Waals surface area contributed by atoms with Crippen molar-refractivity contribution >= 4 is 11.6 Å². The molecule has 2 aromatic rings. The zero-order valence-corrected chi connectivity index (χ0v) is 10.8. The van der Waals surface area contributed by atoms with Crippen molar-refractivity contribution < 1.29 is 0 Å². The predicted molar refractivity (Wildman–Crippen MR) is 70.3 cm³/mol. The molecule has 0 spiro atoms. The van der Waals surface area contributed by atoms with Gasteiger partial charge in [0.05, 0.1) is 12.2 Å². The van der Waals surface area contributed by atoms with Crippen molar-refractivity contribution in [1.82, 2.24) is 15.1 Å². The van der Waals surface area contributed by atoms with E-state index in [0.29, 0.717) is 6.54 Å². The molecule has 4 heteroatoms. The van der Waals surface area contributed by atoms with E-state index in [2.05, 4.69) is 22.5 Å². The summed E-state index contributed by atoms with van der Waals surface area (Å²) in [7, 11) is 1.93. The molecule has 0 atom stereocenters. The lowest BCUT2D eigenvalue weighted by Gasteiger charge is -2.09. The van der Waals surface area contributed by atoms with E-state index in [-0.39, 0.29) is 0 Å². The summed E-state index contributed by atoms with van der Waals surface area (Å²) in [6.07, 6.45) is 1.81. The van der Waals surface area contributed by atoms with Crippen molar-refractivity contribution in [1.29, 1.82) is 0 Å². The first-order chi connectivity index (χ1) is 8.20. The van der Waals surface area contributed by atoms with Gasteiger partial charge in [-0.25, -0.2) is 0 Å². The predicted octanol–water partition coefficient (Wildman–Crippen LogP) is 2.61. The number of hydrogen-bond donors (Lipinski definition) is 1. The zero-order chi connectivity index (χ0) is 12.3. The average Bonchev–Trinajstić information content (AvgIpc) is 2.71. The average molecular weight is 250 g/mol. The van der Waals surface area contributed by atoms with Crippen molar-refractivity contribution in [3.63, 3.8) is 0 Å². The van der Waals surface area contributed by atoms with Gasteiger partial charge in [0.1, 0.15) is 0 Å². The Bertz CT molecular complexity index is 505. The van der Waals surface area contributed by atoms with Crippen LogP contribution in [0.15, 0.2) is 30.5 Å². The molecule has 0 radical (unpaired) electrons. The molecular formula is C13H16ClN3. The monoisotopic (exact) mass is 249 g/mol. The molecule has 0 aliphatic rings. The van der Waals surface area contributed by atoms with Gasteiger partial charge in [0.15, 0.2) is 0 Å². The van der Waals surface area contributed by atoms with Crippen LogP contribution in [0.4, 0.5) is 0 Å². The minimum atomic E-state index is 0.711. The second-order valence-corrected chi connectivity index (χ2v) is 4.51. The van der Waals surface area contributed by atoms with E-state index < -0.39 is 0 Å². The van der Waals surface area contributed by atoms with Gasteiger partial charge < -0.3 is 5.32 Å². The second-order valence-electron chi connectivity index (χ2n) is 4.11. The summed E-state index contributed by atoms with van der Waals surface area (Å²) in [6, 6.07) is 8.13. The molecule has 0 aliphatic carbocycles. The first-order valence-corrected chi connectivity index (χ1v) is 5.99. The lowest BCUT2D eigenvalue weighted by Crippen LogP contribution is -2.13. The van der Waals surface area contributed by atoms with Gasteiger partial charge in [-0.15, -0.1) is 0 Å². The smallest absolute Gasteiger partial charge is 0.0677 e. The lowest BCUT2D eigenvalue weighted by atomic mass is 10.1. The summed E-state index contributed by atoms with van der Waals surface area (Å²) in [5.74, 6) is 0. The van der Waals surface area contributed by atoms with Crippen molar-refractivity contribution in [3.05, 3.63) is 52.3 Å².